The minimum absolute atomic E-state index is 0.270. The molecule has 3 nitrogen and oxygen atoms in total. The first kappa shape index (κ1) is 10.6. The van der Waals surface area contributed by atoms with Gasteiger partial charge in [-0.1, -0.05) is 12.1 Å². The van der Waals surface area contributed by atoms with E-state index in [1.54, 1.807) is 12.4 Å². The van der Waals surface area contributed by atoms with Gasteiger partial charge in [-0.25, -0.2) is 0 Å². The first-order chi connectivity index (χ1) is 7.75. The minimum atomic E-state index is 0.270. The number of nitrogens with one attached hydrogen (secondary N) is 1. The molecule has 0 aliphatic carbocycles. The molecule has 0 bridgehead atoms. The Labute approximate surface area is 99.3 Å². The van der Waals surface area contributed by atoms with Gasteiger partial charge in [0.25, 0.3) is 0 Å². The normalized spacial score (nSPS) is 9.75. The van der Waals surface area contributed by atoms with Crippen LogP contribution in [0, 0.1) is 0 Å². The molecular weight excluding hydrogens is 218 g/mol. The second kappa shape index (κ2) is 4.72. The summed E-state index contributed by atoms with van der Waals surface area (Å²) in [4.78, 5) is 3.99. The fourth-order valence-electron chi connectivity index (χ4n) is 1.46. The van der Waals surface area contributed by atoms with Gasteiger partial charge in [0.15, 0.2) is 5.11 Å². The molecule has 0 atom stereocenters. The van der Waals surface area contributed by atoms with Gasteiger partial charge in [-0.15, -0.1) is 0 Å². The van der Waals surface area contributed by atoms with Gasteiger partial charge in [-0.3, -0.25) is 4.98 Å². The van der Waals surface area contributed by atoms with Crippen molar-refractivity contribution in [2.45, 2.75) is 0 Å². The lowest BCUT2D eigenvalue weighted by Crippen LogP contribution is -2.18. The summed E-state index contributed by atoms with van der Waals surface area (Å²) in [5.74, 6) is 0. The van der Waals surface area contributed by atoms with E-state index in [9.17, 15) is 0 Å². The molecule has 2 rings (SSSR count). The molecule has 2 aromatic rings. The van der Waals surface area contributed by atoms with Crippen LogP contribution in [0.25, 0.3) is 11.1 Å². The highest BCUT2D eigenvalue weighted by molar-refractivity contribution is 7.80. The first-order valence-corrected chi connectivity index (χ1v) is 5.23. The number of nitrogens with zero attached hydrogens (tertiary/aromatic N) is 1. The highest BCUT2D eigenvalue weighted by Crippen LogP contribution is 2.21. The van der Waals surface area contributed by atoms with E-state index in [-0.39, 0.29) is 5.11 Å². The average molecular weight is 229 g/mol. The molecule has 0 saturated carbocycles. The number of hydrogen-bond donors (Lipinski definition) is 2. The third kappa shape index (κ3) is 2.55. The van der Waals surface area contributed by atoms with E-state index in [1.165, 1.54) is 0 Å². The van der Waals surface area contributed by atoms with Crippen LogP contribution in [0.5, 0.6) is 0 Å². The molecule has 0 amide bonds. The van der Waals surface area contributed by atoms with Crippen molar-refractivity contribution in [3.8, 4) is 11.1 Å². The number of thiocarbonyl (C=S) groups is 1. The Morgan fingerprint density at radius 1 is 1.12 bits per heavy atom. The maximum atomic E-state index is 5.42. The average Bonchev–Trinajstić information content (AvgIpc) is 2.30. The summed E-state index contributed by atoms with van der Waals surface area (Å²) in [5, 5.41) is 3.18. The molecule has 0 aliphatic heterocycles. The van der Waals surface area contributed by atoms with Gasteiger partial charge >= 0.3 is 0 Å². The van der Waals surface area contributed by atoms with Crippen LogP contribution in [-0.2, 0) is 0 Å². The molecule has 3 N–H and O–H groups in total. The van der Waals surface area contributed by atoms with Gasteiger partial charge in [0.2, 0.25) is 0 Å². The third-order valence-electron chi connectivity index (χ3n) is 2.14. The molecule has 0 fully saturated rings. The standard InChI is InChI=1S/C12H11N3S/c13-12(16)15-11-3-1-2-10(8-11)9-4-6-14-7-5-9/h1-8H,(H3,13,15,16). The number of anilines is 1. The van der Waals surface area contributed by atoms with Gasteiger partial charge in [0, 0.05) is 18.1 Å². The summed E-state index contributed by atoms with van der Waals surface area (Å²) in [6.45, 7) is 0. The highest BCUT2D eigenvalue weighted by atomic mass is 32.1. The van der Waals surface area contributed by atoms with Gasteiger partial charge in [-0.2, -0.15) is 0 Å². The molecule has 0 aliphatic rings. The maximum absolute atomic E-state index is 5.42. The van der Waals surface area contributed by atoms with Crippen LogP contribution in [0.1, 0.15) is 0 Å². The molecule has 0 saturated heterocycles. The van der Waals surface area contributed by atoms with E-state index >= 15 is 0 Å². The Balaban J connectivity index is 2.33. The van der Waals surface area contributed by atoms with Crippen molar-refractivity contribution >= 4 is 23.0 Å². The van der Waals surface area contributed by atoms with Crippen LogP contribution in [0.4, 0.5) is 5.69 Å². The van der Waals surface area contributed by atoms with Gasteiger partial charge < -0.3 is 11.1 Å². The number of pyridine rings is 1. The summed E-state index contributed by atoms with van der Waals surface area (Å²) in [6.07, 6.45) is 3.53. The van der Waals surface area contributed by atoms with Crippen molar-refractivity contribution < 1.29 is 0 Å². The monoisotopic (exact) mass is 229 g/mol. The van der Waals surface area contributed by atoms with Gasteiger partial charge in [-0.05, 0) is 47.6 Å². The lowest BCUT2D eigenvalue weighted by molar-refractivity contribution is 1.33. The van der Waals surface area contributed by atoms with Gasteiger partial charge in [0.1, 0.15) is 0 Å². The zero-order chi connectivity index (χ0) is 11.4. The molecule has 1 aromatic heterocycles. The summed E-state index contributed by atoms with van der Waals surface area (Å²) in [6, 6.07) is 11.8. The minimum Gasteiger partial charge on any atom is -0.376 e. The summed E-state index contributed by atoms with van der Waals surface area (Å²) >= 11 is 4.79. The van der Waals surface area contributed by atoms with Crippen LogP contribution in [0.15, 0.2) is 48.8 Å². The predicted molar refractivity (Wildman–Crippen MR) is 70.1 cm³/mol. The molecular formula is C12H11N3S. The summed E-state index contributed by atoms with van der Waals surface area (Å²) in [5.41, 5.74) is 8.53. The van der Waals surface area contributed by atoms with Crippen LogP contribution >= 0.6 is 12.2 Å². The molecule has 1 heterocycles. The van der Waals surface area contributed by atoms with Gasteiger partial charge in [0.05, 0.1) is 0 Å². The Kier molecular flexibility index (Phi) is 3.12. The van der Waals surface area contributed by atoms with E-state index < -0.39 is 0 Å². The van der Waals surface area contributed by atoms with Crippen LogP contribution in [0.3, 0.4) is 0 Å². The van der Waals surface area contributed by atoms with Crippen molar-refractivity contribution in [2.75, 3.05) is 5.32 Å². The molecule has 0 unspecified atom stereocenters. The first-order valence-electron chi connectivity index (χ1n) is 4.82. The van der Waals surface area contributed by atoms with Crippen molar-refractivity contribution in [2.24, 2.45) is 5.73 Å². The number of aromatic nitrogens is 1. The van der Waals surface area contributed by atoms with E-state index in [2.05, 4.69) is 10.3 Å². The second-order valence-electron chi connectivity index (χ2n) is 3.31. The highest BCUT2D eigenvalue weighted by Gasteiger charge is 1.98. The zero-order valence-corrected chi connectivity index (χ0v) is 9.37. The van der Waals surface area contributed by atoms with E-state index in [4.69, 9.17) is 18.0 Å². The van der Waals surface area contributed by atoms with Crippen LogP contribution in [0.2, 0.25) is 0 Å². The lowest BCUT2D eigenvalue weighted by atomic mass is 10.1. The van der Waals surface area contributed by atoms with Crippen molar-refractivity contribution in [1.82, 2.24) is 4.98 Å². The van der Waals surface area contributed by atoms with E-state index in [0.717, 1.165) is 16.8 Å². The lowest BCUT2D eigenvalue weighted by Gasteiger charge is -2.06. The Bertz CT molecular complexity index is 497. The maximum Gasteiger partial charge on any atom is 0.168 e. The Hall–Kier alpha value is -1.94. The molecule has 1 aromatic carbocycles. The Morgan fingerprint density at radius 2 is 1.88 bits per heavy atom. The predicted octanol–water partition coefficient (Wildman–Crippen LogP) is 2.40. The third-order valence-corrected chi connectivity index (χ3v) is 2.25. The fourth-order valence-corrected chi connectivity index (χ4v) is 1.58. The van der Waals surface area contributed by atoms with E-state index in [0.29, 0.717) is 0 Å². The fraction of sp³-hybridized carbons (Fsp3) is 0. The van der Waals surface area contributed by atoms with Crippen LogP contribution in [-0.4, -0.2) is 10.1 Å². The van der Waals surface area contributed by atoms with Crippen molar-refractivity contribution in [3.05, 3.63) is 48.8 Å². The number of benzene rings is 1. The number of nitrogens with two attached hydrogens (primary N) is 1. The molecule has 80 valence electrons. The van der Waals surface area contributed by atoms with E-state index in [1.807, 2.05) is 36.4 Å². The quantitative estimate of drug-likeness (QED) is 0.776. The largest absolute Gasteiger partial charge is 0.376 e. The molecule has 4 heteroatoms. The number of hydrogen-bond acceptors (Lipinski definition) is 2. The molecule has 0 spiro atoms. The van der Waals surface area contributed by atoms with Crippen LogP contribution < -0.4 is 11.1 Å². The number of rotatable bonds is 2. The molecule has 0 radical (unpaired) electrons. The Morgan fingerprint density at radius 3 is 2.56 bits per heavy atom. The van der Waals surface area contributed by atoms with Crippen molar-refractivity contribution in [3.63, 3.8) is 0 Å². The SMILES string of the molecule is NC(=S)Nc1cccc(-c2ccncc2)c1. The smallest absolute Gasteiger partial charge is 0.168 e. The zero-order valence-electron chi connectivity index (χ0n) is 8.55. The van der Waals surface area contributed by atoms with Crippen molar-refractivity contribution in [1.29, 1.82) is 0 Å². The summed E-state index contributed by atoms with van der Waals surface area (Å²) < 4.78 is 0. The topological polar surface area (TPSA) is 50.9 Å². The second-order valence-corrected chi connectivity index (χ2v) is 3.75. The molecule has 16 heavy (non-hydrogen) atoms. The summed E-state index contributed by atoms with van der Waals surface area (Å²) in [7, 11) is 0.